The maximum atomic E-state index is 10.4. The number of fused-ring (bicyclic) bond motifs is 1. The van der Waals surface area contributed by atoms with Gasteiger partial charge in [-0.1, -0.05) is 11.6 Å². The van der Waals surface area contributed by atoms with Gasteiger partial charge in [0, 0.05) is 24.3 Å². The first-order chi connectivity index (χ1) is 16.7. The average molecular weight is 470 g/mol. The molecule has 1 aliphatic rings. The third kappa shape index (κ3) is 5.10. The third-order valence-corrected chi connectivity index (χ3v) is 6.19. The zero-order chi connectivity index (χ0) is 25.2. The maximum absolute atomic E-state index is 10.4. The van der Waals surface area contributed by atoms with Gasteiger partial charge in [-0.2, -0.15) is 5.26 Å². The summed E-state index contributed by atoms with van der Waals surface area (Å²) < 4.78 is 1.93. The number of aliphatic hydroxyl groups excluding tert-OH is 1. The molecule has 1 fully saturated rings. The molecule has 2 N–H and O–H groups in total. The molecular formula is C27H31N7O. The number of aliphatic hydroxyl groups is 1. The summed E-state index contributed by atoms with van der Waals surface area (Å²) in [6, 6.07) is 12.1. The molecule has 4 rings (SSSR count). The third-order valence-electron chi connectivity index (χ3n) is 6.19. The van der Waals surface area contributed by atoms with Crippen LogP contribution >= 0.6 is 0 Å². The molecule has 0 radical (unpaired) electrons. The molecule has 8 nitrogen and oxygen atoms in total. The van der Waals surface area contributed by atoms with Gasteiger partial charge in [0.1, 0.15) is 23.8 Å². The zero-order valence-corrected chi connectivity index (χ0v) is 20.7. The van der Waals surface area contributed by atoms with Gasteiger partial charge >= 0.3 is 0 Å². The Morgan fingerprint density at radius 1 is 1.31 bits per heavy atom. The van der Waals surface area contributed by atoms with Crippen LogP contribution in [0.3, 0.4) is 0 Å². The van der Waals surface area contributed by atoms with E-state index < -0.39 is 11.5 Å². The van der Waals surface area contributed by atoms with E-state index in [1.165, 1.54) is 0 Å². The summed E-state index contributed by atoms with van der Waals surface area (Å²) in [5.41, 5.74) is 4.05. The summed E-state index contributed by atoms with van der Waals surface area (Å²) in [7, 11) is 0. The fourth-order valence-corrected chi connectivity index (χ4v) is 4.19. The summed E-state index contributed by atoms with van der Waals surface area (Å²) >= 11 is 0. The van der Waals surface area contributed by atoms with E-state index in [2.05, 4.69) is 33.0 Å². The van der Waals surface area contributed by atoms with Crippen LogP contribution in [-0.2, 0) is 0 Å². The summed E-state index contributed by atoms with van der Waals surface area (Å²) in [5.74, 6) is 2.04. The minimum Gasteiger partial charge on any atom is -0.389 e. The van der Waals surface area contributed by atoms with E-state index in [1.54, 1.807) is 13.3 Å². The normalized spacial score (nSPS) is 18.9. The van der Waals surface area contributed by atoms with Crippen molar-refractivity contribution in [3.05, 3.63) is 65.8 Å². The Hall–Kier alpha value is -3.96. The second-order valence-electron chi connectivity index (χ2n) is 9.50. The van der Waals surface area contributed by atoms with Crippen molar-refractivity contribution in [1.29, 1.82) is 5.26 Å². The van der Waals surface area contributed by atoms with E-state index in [1.807, 2.05) is 67.8 Å². The Balaban J connectivity index is 1.73. The molecule has 3 heterocycles. The molecule has 35 heavy (non-hydrogen) atoms. The molecule has 180 valence electrons. The topological polar surface area (TPSA) is 102 Å². The monoisotopic (exact) mass is 469 g/mol. The van der Waals surface area contributed by atoms with Crippen LogP contribution in [0.4, 0.5) is 11.5 Å². The number of allylic oxidation sites excluding steroid dienone is 3. The predicted octanol–water partition coefficient (Wildman–Crippen LogP) is 5.13. The number of imidazole rings is 1. The lowest BCUT2D eigenvalue weighted by Crippen LogP contribution is -2.26. The first-order valence-corrected chi connectivity index (χ1v) is 11.6. The van der Waals surface area contributed by atoms with E-state index in [0.29, 0.717) is 30.5 Å². The Morgan fingerprint density at radius 3 is 2.77 bits per heavy atom. The number of rotatable bonds is 7. The number of aromatic nitrogens is 3. The Morgan fingerprint density at radius 2 is 2.11 bits per heavy atom. The van der Waals surface area contributed by atoms with Gasteiger partial charge in [-0.05, 0) is 77.2 Å². The highest BCUT2D eigenvalue weighted by molar-refractivity contribution is 5.81. The molecule has 3 aromatic rings. The molecule has 2 unspecified atom stereocenters. The van der Waals surface area contributed by atoms with E-state index in [0.717, 1.165) is 34.3 Å². The standard InChI is InChI=1S/C27H31N7O/c1-18(2)6-10-24(29-5)31-20-7-9-22-23(14-20)34(17-30-22)25-11-8-21(19(3)35)26(32-25)33-13-12-27(4,15-28)16-33/h6-11,14,17,19,31,35H,5,12-13,16H2,1-4H3/b24-10+. The number of nitriles is 1. The number of anilines is 2. The van der Waals surface area contributed by atoms with Crippen LogP contribution in [0.5, 0.6) is 0 Å². The molecule has 1 saturated heterocycles. The maximum Gasteiger partial charge on any atom is 0.140 e. The summed E-state index contributed by atoms with van der Waals surface area (Å²) in [6.07, 6.45) is 5.70. The molecule has 1 aromatic carbocycles. The van der Waals surface area contributed by atoms with Crippen molar-refractivity contribution >= 4 is 29.3 Å². The summed E-state index contributed by atoms with van der Waals surface area (Å²) in [5, 5.41) is 23.3. The van der Waals surface area contributed by atoms with Crippen molar-refractivity contribution in [1.82, 2.24) is 14.5 Å². The van der Waals surface area contributed by atoms with E-state index in [9.17, 15) is 10.4 Å². The molecule has 0 amide bonds. The number of benzene rings is 1. The minimum atomic E-state index is -0.673. The molecule has 0 saturated carbocycles. The highest BCUT2D eigenvalue weighted by Crippen LogP contribution is 2.35. The van der Waals surface area contributed by atoms with Crippen LogP contribution in [0.15, 0.2) is 65.2 Å². The van der Waals surface area contributed by atoms with Crippen molar-refractivity contribution in [2.24, 2.45) is 10.4 Å². The molecule has 2 aromatic heterocycles. The molecule has 1 aliphatic heterocycles. The highest BCUT2D eigenvalue weighted by atomic mass is 16.3. The minimum absolute atomic E-state index is 0.425. The van der Waals surface area contributed by atoms with Crippen molar-refractivity contribution < 1.29 is 5.11 Å². The SMILES string of the molecule is C=N/C(=C\C=C(C)C)Nc1ccc2ncn(-c3ccc(C(C)O)c(N4CCC(C)(C#N)C4)n3)c2c1. The lowest BCUT2D eigenvalue weighted by Gasteiger charge is -2.24. The van der Waals surface area contributed by atoms with Gasteiger partial charge in [0.2, 0.25) is 0 Å². The number of hydrogen-bond acceptors (Lipinski definition) is 7. The van der Waals surface area contributed by atoms with E-state index >= 15 is 0 Å². The number of pyridine rings is 1. The lowest BCUT2D eigenvalue weighted by atomic mass is 9.92. The van der Waals surface area contributed by atoms with Crippen molar-refractivity contribution in [2.45, 2.75) is 40.2 Å². The van der Waals surface area contributed by atoms with Crippen molar-refractivity contribution in [3.63, 3.8) is 0 Å². The number of aliphatic imine (C=N–C) groups is 1. The molecule has 0 bridgehead atoms. The number of hydrogen-bond donors (Lipinski definition) is 2. The fraction of sp³-hybridized carbons (Fsp3) is 0.333. The van der Waals surface area contributed by atoms with Crippen LogP contribution in [0.2, 0.25) is 0 Å². The fourth-order valence-electron chi connectivity index (χ4n) is 4.19. The summed E-state index contributed by atoms with van der Waals surface area (Å²) in [4.78, 5) is 15.6. The van der Waals surface area contributed by atoms with Gasteiger partial charge < -0.3 is 15.3 Å². The van der Waals surface area contributed by atoms with Gasteiger partial charge in [0.05, 0.1) is 28.6 Å². The molecular weight excluding hydrogens is 438 g/mol. The van der Waals surface area contributed by atoms with Crippen LogP contribution < -0.4 is 10.2 Å². The van der Waals surface area contributed by atoms with E-state index in [-0.39, 0.29) is 0 Å². The summed E-state index contributed by atoms with van der Waals surface area (Å²) in [6.45, 7) is 12.7. The quantitative estimate of drug-likeness (QED) is 0.367. The Bertz CT molecular complexity index is 1360. The van der Waals surface area contributed by atoms with Crippen LogP contribution in [0.25, 0.3) is 16.9 Å². The molecule has 0 spiro atoms. The Labute approximate surface area is 206 Å². The van der Waals surface area contributed by atoms with Crippen molar-refractivity contribution in [2.75, 3.05) is 23.3 Å². The molecule has 0 aliphatic carbocycles. The smallest absolute Gasteiger partial charge is 0.140 e. The average Bonchev–Trinajstić information content (AvgIpc) is 3.45. The Kier molecular flexibility index (Phi) is 6.72. The van der Waals surface area contributed by atoms with Crippen LogP contribution in [0.1, 0.15) is 45.8 Å². The van der Waals surface area contributed by atoms with Gasteiger partial charge in [-0.15, -0.1) is 0 Å². The van der Waals surface area contributed by atoms with Gasteiger partial charge in [-0.3, -0.25) is 4.57 Å². The second kappa shape index (κ2) is 9.72. The predicted molar refractivity (Wildman–Crippen MR) is 141 cm³/mol. The highest BCUT2D eigenvalue weighted by Gasteiger charge is 2.35. The second-order valence-corrected chi connectivity index (χ2v) is 9.50. The van der Waals surface area contributed by atoms with Gasteiger partial charge in [0.25, 0.3) is 0 Å². The van der Waals surface area contributed by atoms with E-state index in [4.69, 9.17) is 4.98 Å². The molecule has 8 heteroatoms. The zero-order valence-electron chi connectivity index (χ0n) is 20.7. The lowest BCUT2D eigenvalue weighted by molar-refractivity contribution is 0.199. The largest absolute Gasteiger partial charge is 0.389 e. The number of nitrogens with zero attached hydrogens (tertiary/aromatic N) is 6. The van der Waals surface area contributed by atoms with Gasteiger partial charge in [-0.25, -0.2) is 15.0 Å². The van der Waals surface area contributed by atoms with Crippen LogP contribution in [0, 0.1) is 16.7 Å². The molecule has 2 atom stereocenters. The number of nitrogens with one attached hydrogen (secondary N) is 1. The first-order valence-electron chi connectivity index (χ1n) is 11.6. The first kappa shape index (κ1) is 24.2. The van der Waals surface area contributed by atoms with Gasteiger partial charge in [0.15, 0.2) is 0 Å². The van der Waals surface area contributed by atoms with Crippen molar-refractivity contribution in [3.8, 4) is 11.9 Å². The van der Waals surface area contributed by atoms with Crippen LogP contribution in [-0.4, -0.2) is 39.4 Å².